The summed E-state index contributed by atoms with van der Waals surface area (Å²) in [7, 11) is 0. The molecule has 7 nitrogen and oxygen atoms in total. The van der Waals surface area contributed by atoms with Crippen molar-refractivity contribution in [3.05, 3.63) is 11.8 Å². The second-order valence-electron chi connectivity index (χ2n) is 4.55. The zero-order valence-electron chi connectivity index (χ0n) is 10.0. The fraction of sp³-hybridized carbons (Fsp3) is 0.545. The molecule has 1 fully saturated rings. The van der Waals surface area contributed by atoms with Crippen LogP contribution >= 0.6 is 0 Å². The molecule has 0 aromatic carbocycles. The highest BCUT2D eigenvalue weighted by Gasteiger charge is 2.19. The number of carbonyl (C=O) groups excluding carboxylic acids is 1. The zero-order chi connectivity index (χ0) is 13.0. The van der Waals surface area contributed by atoms with E-state index in [-0.39, 0.29) is 11.7 Å². The number of anilines is 1. The number of carbonyl (C=O) groups is 1. The van der Waals surface area contributed by atoms with E-state index in [2.05, 4.69) is 20.7 Å². The predicted octanol–water partition coefficient (Wildman–Crippen LogP) is 1.02. The highest BCUT2D eigenvalue weighted by Crippen LogP contribution is 2.27. The number of nitrogens with one attached hydrogen (secondary N) is 2. The van der Waals surface area contributed by atoms with Gasteiger partial charge in [-0.15, -0.1) is 0 Å². The molecule has 1 aromatic heterocycles. The Labute approximate surface area is 104 Å². The number of hydrogen-bond donors (Lipinski definition) is 4. The summed E-state index contributed by atoms with van der Waals surface area (Å²) in [6.07, 6.45) is 6.55. The van der Waals surface area contributed by atoms with E-state index < -0.39 is 0 Å². The number of nitrogens with zero attached hydrogens (tertiary/aromatic N) is 2. The van der Waals surface area contributed by atoms with Crippen LogP contribution in [0.4, 0.5) is 5.82 Å². The first-order chi connectivity index (χ1) is 8.70. The molecule has 0 atom stereocenters. The van der Waals surface area contributed by atoms with Crippen LogP contribution in [0.3, 0.4) is 0 Å². The summed E-state index contributed by atoms with van der Waals surface area (Å²) in [6, 6.07) is 0. The fourth-order valence-corrected chi connectivity index (χ4v) is 2.30. The predicted molar refractivity (Wildman–Crippen MR) is 66.3 cm³/mol. The van der Waals surface area contributed by atoms with Crippen molar-refractivity contribution in [1.82, 2.24) is 10.2 Å². The number of amides is 1. The van der Waals surface area contributed by atoms with E-state index in [0.717, 1.165) is 12.8 Å². The SMILES string of the molecule is NC(=NO)c1cn[nH]c1NC(=O)CC1CCCC1. The number of aromatic amines is 1. The summed E-state index contributed by atoms with van der Waals surface area (Å²) < 4.78 is 0. The number of nitrogens with two attached hydrogens (primary N) is 1. The van der Waals surface area contributed by atoms with Crippen LogP contribution in [0.1, 0.15) is 37.7 Å². The summed E-state index contributed by atoms with van der Waals surface area (Å²) in [5, 5.41) is 20.6. The van der Waals surface area contributed by atoms with Crippen LogP contribution in [0.15, 0.2) is 11.4 Å². The van der Waals surface area contributed by atoms with Crippen LogP contribution in [-0.2, 0) is 4.79 Å². The zero-order valence-corrected chi connectivity index (χ0v) is 10.0. The third kappa shape index (κ3) is 2.79. The Balaban J connectivity index is 1.96. The minimum Gasteiger partial charge on any atom is -0.409 e. The van der Waals surface area contributed by atoms with Crippen LogP contribution in [0.2, 0.25) is 0 Å². The second kappa shape index (κ2) is 5.52. The van der Waals surface area contributed by atoms with E-state index >= 15 is 0 Å². The highest BCUT2D eigenvalue weighted by atomic mass is 16.4. The highest BCUT2D eigenvalue weighted by molar-refractivity contribution is 6.04. The molecule has 1 aliphatic carbocycles. The molecule has 0 bridgehead atoms. The van der Waals surface area contributed by atoms with Crippen molar-refractivity contribution < 1.29 is 10.0 Å². The first-order valence-electron chi connectivity index (χ1n) is 6.02. The normalized spacial score (nSPS) is 17.0. The van der Waals surface area contributed by atoms with Crippen molar-refractivity contribution >= 4 is 17.6 Å². The number of hydrogen-bond acceptors (Lipinski definition) is 4. The molecule has 0 unspecified atom stereocenters. The van der Waals surface area contributed by atoms with Gasteiger partial charge in [-0.05, 0) is 18.8 Å². The van der Waals surface area contributed by atoms with Crippen LogP contribution < -0.4 is 11.1 Å². The van der Waals surface area contributed by atoms with E-state index in [9.17, 15) is 4.79 Å². The number of H-pyrrole nitrogens is 1. The molecule has 1 heterocycles. The van der Waals surface area contributed by atoms with Gasteiger partial charge in [0.1, 0.15) is 5.82 Å². The van der Waals surface area contributed by atoms with Gasteiger partial charge in [0.25, 0.3) is 0 Å². The van der Waals surface area contributed by atoms with Crippen LogP contribution in [0.25, 0.3) is 0 Å². The van der Waals surface area contributed by atoms with E-state index in [1.165, 1.54) is 19.0 Å². The fourth-order valence-electron chi connectivity index (χ4n) is 2.30. The van der Waals surface area contributed by atoms with E-state index in [4.69, 9.17) is 10.9 Å². The van der Waals surface area contributed by atoms with Crippen molar-refractivity contribution in [2.45, 2.75) is 32.1 Å². The minimum atomic E-state index is -0.0834. The lowest BCUT2D eigenvalue weighted by Crippen LogP contribution is -2.19. The first kappa shape index (κ1) is 12.4. The molecule has 5 N–H and O–H groups in total. The summed E-state index contributed by atoms with van der Waals surface area (Å²) in [6.45, 7) is 0. The maximum absolute atomic E-state index is 11.8. The monoisotopic (exact) mass is 251 g/mol. The van der Waals surface area contributed by atoms with Crippen LogP contribution in [-0.4, -0.2) is 27.1 Å². The lowest BCUT2D eigenvalue weighted by Gasteiger charge is -2.09. The minimum absolute atomic E-state index is 0.0712. The Hall–Kier alpha value is -2.05. The Morgan fingerprint density at radius 3 is 3.00 bits per heavy atom. The molecule has 18 heavy (non-hydrogen) atoms. The molecule has 1 aliphatic rings. The van der Waals surface area contributed by atoms with Gasteiger partial charge in [0.2, 0.25) is 5.91 Å². The Morgan fingerprint density at radius 1 is 1.61 bits per heavy atom. The molecule has 7 heteroatoms. The second-order valence-corrected chi connectivity index (χ2v) is 4.55. The van der Waals surface area contributed by atoms with E-state index in [1.54, 1.807) is 0 Å². The van der Waals surface area contributed by atoms with Crippen molar-refractivity contribution in [3.8, 4) is 0 Å². The first-order valence-corrected chi connectivity index (χ1v) is 6.02. The van der Waals surface area contributed by atoms with Crippen molar-refractivity contribution in [1.29, 1.82) is 0 Å². The van der Waals surface area contributed by atoms with E-state index in [1.807, 2.05) is 0 Å². The van der Waals surface area contributed by atoms with Gasteiger partial charge in [-0.1, -0.05) is 18.0 Å². The largest absolute Gasteiger partial charge is 0.409 e. The summed E-state index contributed by atoms with van der Waals surface area (Å²) >= 11 is 0. The molecule has 2 rings (SSSR count). The number of amidine groups is 1. The molecule has 0 aliphatic heterocycles. The third-order valence-electron chi connectivity index (χ3n) is 3.24. The number of rotatable bonds is 4. The average molecular weight is 251 g/mol. The quantitative estimate of drug-likeness (QED) is 0.276. The molecule has 1 amide bonds. The Morgan fingerprint density at radius 2 is 2.33 bits per heavy atom. The van der Waals surface area contributed by atoms with Crippen LogP contribution in [0.5, 0.6) is 0 Å². The summed E-state index contributed by atoms with van der Waals surface area (Å²) in [5.41, 5.74) is 5.85. The maximum atomic E-state index is 11.8. The number of aromatic nitrogens is 2. The van der Waals surface area contributed by atoms with Gasteiger partial charge >= 0.3 is 0 Å². The third-order valence-corrected chi connectivity index (χ3v) is 3.24. The van der Waals surface area contributed by atoms with Crippen molar-refractivity contribution in [2.24, 2.45) is 16.8 Å². The van der Waals surface area contributed by atoms with Gasteiger partial charge in [0.05, 0.1) is 11.8 Å². The maximum Gasteiger partial charge on any atom is 0.225 e. The number of oxime groups is 1. The standard InChI is InChI=1S/C11H17N5O2/c12-10(16-18)8-6-13-15-11(8)14-9(17)5-7-3-1-2-4-7/h6-7,18H,1-5H2,(H2,12,16)(H2,13,14,15,17). The lowest BCUT2D eigenvalue weighted by atomic mass is 10.0. The van der Waals surface area contributed by atoms with Gasteiger partial charge in [-0.3, -0.25) is 9.89 Å². The molecule has 98 valence electrons. The molecule has 0 saturated heterocycles. The van der Waals surface area contributed by atoms with Crippen molar-refractivity contribution in [2.75, 3.05) is 5.32 Å². The lowest BCUT2D eigenvalue weighted by molar-refractivity contribution is -0.117. The molecular weight excluding hydrogens is 234 g/mol. The molecular formula is C11H17N5O2. The Kier molecular flexibility index (Phi) is 3.81. The molecule has 0 spiro atoms. The molecule has 1 aromatic rings. The average Bonchev–Trinajstić information content (AvgIpc) is 2.99. The topological polar surface area (TPSA) is 116 Å². The van der Waals surface area contributed by atoms with Gasteiger partial charge < -0.3 is 16.3 Å². The van der Waals surface area contributed by atoms with E-state index in [0.29, 0.717) is 23.7 Å². The Bertz CT molecular complexity index is 448. The van der Waals surface area contributed by atoms with Gasteiger partial charge in [-0.2, -0.15) is 5.10 Å². The van der Waals surface area contributed by atoms with Crippen LogP contribution in [0, 0.1) is 5.92 Å². The van der Waals surface area contributed by atoms with Gasteiger partial charge in [0, 0.05) is 6.42 Å². The molecule has 0 radical (unpaired) electrons. The molecule has 1 saturated carbocycles. The van der Waals surface area contributed by atoms with Gasteiger partial charge in [0.15, 0.2) is 5.84 Å². The smallest absolute Gasteiger partial charge is 0.225 e. The van der Waals surface area contributed by atoms with Crippen molar-refractivity contribution in [3.63, 3.8) is 0 Å². The summed E-state index contributed by atoms with van der Waals surface area (Å²) in [5.74, 6) is 0.687. The summed E-state index contributed by atoms with van der Waals surface area (Å²) in [4.78, 5) is 11.8. The van der Waals surface area contributed by atoms with Gasteiger partial charge in [-0.25, -0.2) is 0 Å².